The average Bonchev–Trinajstić information content (AvgIpc) is 2.71. The van der Waals surface area contributed by atoms with Gasteiger partial charge in [0.05, 0.1) is 11.4 Å². The number of aryl methyl sites for hydroxylation is 2. The van der Waals surface area contributed by atoms with Crippen molar-refractivity contribution in [3.63, 3.8) is 0 Å². The summed E-state index contributed by atoms with van der Waals surface area (Å²) in [4.78, 5) is 9.08. The lowest BCUT2D eigenvalue weighted by atomic mass is 10.4. The zero-order chi connectivity index (χ0) is 10.1. The molecule has 0 saturated heterocycles. The Morgan fingerprint density at radius 1 is 1.43 bits per heavy atom. The van der Waals surface area contributed by atoms with Crippen molar-refractivity contribution in [2.75, 3.05) is 0 Å². The van der Waals surface area contributed by atoms with Gasteiger partial charge in [-0.1, -0.05) is 11.3 Å². The third-order valence-electron chi connectivity index (χ3n) is 1.71. The Labute approximate surface area is 84.8 Å². The van der Waals surface area contributed by atoms with E-state index in [0.717, 1.165) is 16.3 Å². The van der Waals surface area contributed by atoms with Crippen LogP contribution in [0.15, 0.2) is 10.7 Å². The maximum absolute atomic E-state index is 8.67. The molecule has 2 heterocycles. The minimum atomic E-state index is 0.438. The number of aromatic nitrogens is 2. The Bertz CT molecular complexity index is 506. The lowest BCUT2D eigenvalue weighted by molar-refractivity contribution is 0.574. The molecule has 0 unspecified atom stereocenters. The molecular formula is C9H7N3OS. The highest BCUT2D eigenvalue weighted by Crippen LogP contribution is 2.28. The van der Waals surface area contributed by atoms with E-state index < -0.39 is 0 Å². The Morgan fingerprint density at radius 2 is 2.21 bits per heavy atom. The van der Waals surface area contributed by atoms with Gasteiger partial charge in [0, 0.05) is 0 Å². The summed E-state index contributed by atoms with van der Waals surface area (Å²) in [6.07, 6.45) is 1.58. The number of rotatable bonds is 1. The zero-order valence-corrected chi connectivity index (χ0v) is 8.55. The minimum absolute atomic E-state index is 0.438. The van der Waals surface area contributed by atoms with Crippen LogP contribution in [0.1, 0.15) is 16.4 Å². The summed E-state index contributed by atoms with van der Waals surface area (Å²) in [5.41, 5.74) is 1.61. The van der Waals surface area contributed by atoms with Gasteiger partial charge in [0.25, 0.3) is 0 Å². The first kappa shape index (κ1) is 8.91. The molecule has 0 aromatic carbocycles. The van der Waals surface area contributed by atoms with E-state index in [1.165, 1.54) is 11.3 Å². The van der Waals surface area contributed by atoms with Crippen LogP contribution in [0.5, 0.6) is 0 Å². The average molecular weight is 205 g/mol. The summed E-state index contributed by atoms with van der Waals surface area (Å²) in [6.45, 7) is 3.70. The van der Waals surface area contributed by atoms with E-state index >= 15 is 0 Å². The molecule has 0 aliphatic heterocycles. The summed E-state index contributed by atoms with van der Waals surface area (Å²) in [7, 11) is 0. The van der Waals surface area contributed by atoms with Gasteiger partial charge in [-0.25, -0.2) is 9.97 Å². The molecule has 4 nitrogen and oxygen atoms in total. The van der Waals surface area contributed by atoms with Crippen LogP contribution in [0.3, 0.4) is 0 Å². The lowest BCUT2D eigenvalue weighted by Gasteiger charge is -1.87. The van der Waals surface area contributed by atoms with Crippen LogP contribution in [-0.2, 0) is 0 Å². The fraction of sp³-hybridized carbons (Fsp3) is 0.222. The molecule has 5 heteroatoms. The Kier molecular flexibility index (Phi) is 2.06. The monoisotopic (exact) mass is 205 g/mol. The summed E-state index contributed by atoms with van der Waals surface area (Å²) in [5, 5.41) is 9.11. The molecule has 14 heavy (non-hydrogen) atoms. The first-order valence-electron chi connectivity index (χ1n) is 4.00. The molecule has 0 N–H and O–H groups in total. The van der Waals surface area contributed by atoms with E-state index in [1.807, 2.05) is 19.9 Å². The summed E-state index contributed by atoms with van der Waals surface area (Å²) in [5.74, 6) is 0.541. The quantitative estimate of drug-likeness (QED) is 0.716. The third kappa shape index (κ3) is 1.40. The van der Waals surface area contributed by atoms with Crippen molar-refractivity contribution in [2.24, 2.45) is 0 Å². The molecule has 0 spiro atoms. The summed E-state index contributed by atoms with van der Waals surface area (Å²) in [6, 6.07) is 2.00. The molecule has 0 aliphatic carbocycles. The topological polar surface area (TPSA) is 62.7 Å². The number of nitrogens with zero attached hydrogens (tertiary/aromatic N) is 3. The predicted molar refractivity (Wildman–Crippen MR) is 51.8 cm³/mol. The third-order valence-corrected chi connectivity index (χ3v) is 2.76. The molecular weight excluding hydrogens is 198 g/mol. The highest BCUT2D eigenvalue weighted by atomic mass is 32.1. The number of hydrogen-bond acceptors (Lipinski definition) is 5. The van der Waals surface area contributed by atoms with Gasteiger partial charge >= 0.3 is 0 Å². The van der Waals surface area contributed by atoms with Crippen LogP contribution in [0.2, 0.25) is 0 Å². The largest absolute Gasteiger partial charge is 0.444 e. The standard InChI is InChI=1S/C9H7N3OS/c1-5-4-13-9(11-5)8-6(2)12-7(3-10)14-8/h4H,1-2H3. The number of thiazole rings is 1. The van der Waals surface area contributed by atoms with Gasteiger partial charge in [0.2, 0.25) is 5.89 Å². The first-order chi connectivity index (χ1) is 6.70. The van der Waals surface area contributed by atoms with Crippen LogP contribution in [0, 0.1) is 25.2 Å². The van der Waals surface area contributed by atoms with E-state index in [1.54, 1.807) is 6.26 Å². The molecule has 2 aromatic rings. The zero-order valence-electron chi connectivity index (χ0n) is 7.74. The van der Waals surface area contributed by atoms with Crippen molar-refractivity contribution in [1.82, 2.24) is 9.97 Å². The molecule has 0 radical (unpaired) electrons. The van der Waals surface area contributed by atoms with E-state index in [4.69, 9.17) is 9.68 Å². The van der Waals surface area contributed by atoms with Gasteiger partial charge in [-0.2, -0.15) is 5.26 Å². The summed E-state index contributed by atoms with van der Waals surface area (Å²) >= 11 is 1.30. The highest BCUT2D eigenvalue weighted by molar-refractivity contribution is 7.15. The van der Waals surface area contributed by atoms with Crippen molar-refractivity contribution < 1.29 is 4.42 Å². The Hall–Kier alpha value is -1.67. The molecule has 2 aromatic heterocycles. The van der Waals surface area contributed by atoms with Crippen LogP contribution in [0.4, 0.5) is 0 Å². The Balaban J connectivity index is 2.52. The van der Waals surface area contributed by atoms with Gasteiger partial charge in [0.1, 0.15) is 17.2 Å². The maximum Gasteiger partial charge on any atom is 0.238 e. The first-order valence-corrected chi connectivity index (χ1v) is 4.82. The molecule has 0 atom stereocenters. The second-order valence-electron chi connectivity index (χ2n) is 2.84. The van der Waals surface area contributed by atoms with Crippen LogP contribution >= 0.6 is 11.3 Å². The molecule has 0 aliphatic rings. The molecule has 70 valence electrons. The smallest absolute Gasteiger partial charge is 0.238 e. The van der Waals surface area contributed by atoms with E-state index in [2.05, 4.69) is 9.97 Å². The van der Waals surface area contributed by atoms with Crippen LogP contribution < -0.4 is 0 Å². The molecule has 0 saturated carbocycles. The fourth-order valence-corrected chi connectivity index (χ4v) is 1.90. The molecule has 0 amide bonds. The predicted octanol–water partition coefficient (Wildman–Crippen LogP) is 2.29. The van der Waals surface area contributed by atoms with Crippen LogP contribution in [0.25, 0.3) is 10.8 Å². The van der Waals surface area contributed by atoms with Crippen molar-refractivity contribution in [1.29, 1.82) is 5.26 Å². The van der Waals surface area contributed by atoms with E-state index in [9.17, 15) is 0 Å². The molecule has 0 fully saturated rings. The van der Waals surface area contributed by atoms with Gasteiger partial charge in [-0.15, -0.1) is 0 Å². The van der Waals surface area contributed by atoms with E-state index in [-0.39, 0.29) is 0 Å². The maximum atomic E-state index is 8.67. The van der Waals surface area contributed by atoms with Crippen LogP contribution in [-0.4, -0.2) is 9.97 Å². The van der Waals surface area contributed by atoms with Crippen molar-refractivity contribution in [3.05, 3.63) is 22.7 Å². The van der Waals surface area contributed by atoms with Gasteiger partial charge in [-0.05, 0) is 13.8 Å². The highest BCUT2D eigenvalue weighted by Gasteiger charge is 2.13. The number of hydrogen-bond donors (Lipinski definition) is 0. The molecule has 2 rings (SSSR count). The normalized spacial score (nSPS) is 10.1. The van der Waals surface area contributed by atoms with E-state index in [0.29, 0.717) is 10.9 Å². The summed E-state index contributed by atoms with van der Waals surface area (Å²) < 4.78 is 5.24. The van der Waals surface area contributed by atoms with Gasteiger partial charge < -0.3 is 4.42 Å². The second-order valence-corrected chi connectivity index (χ2v) is 3.84. The SMILES string of the molecule is Cc1coc(-c2sc(C#N)nc2C)n1. The van der Waals surface area contributed by atoms with Crippen molar-refractivity contribution in [3.8, 4) is 16.8 Å². The molecule has 0 bridgehead atoms. The Morgan fingerprint density at radius 3 is 2.71 bits per heavy atom. The minimum Gasteiger partial charge on any atom is -0.444 e. The second kappa shape index (κ2) is 3.24. The van der Waals surface area contributed by atoms with Gasteiger partial charge in [0.15, 0.2) is 5.01 Å². The number of oxazole rings is 1. The number of nitriles is 1. The van der Waals surface area contributed by atoms with Crippen molar-refractivity contribution >= 4 is 11.3 Å². The van der Waals surface area contributed by atoms with Crippen molar-refractivity contribution in [2.45, 2.75) is 13.8 Å². The lowest BCUT2D eigenvalue weighted by Crippen LogP contribution is -1.78. The fourth-order valence-electron chi connectivity index (χ4n) is 1.10. The van der Waals surface area contributed by atoms with Gasteiger partial charge in [-0.3, -0.25) is 0 Å².